The zero-order valence-corrected chi connectivity index (χ0v) is 49.2. The lowest BCUT2D eigenvalue weighted by molar-refractivity contribution is -0.878. The molecule has 0 N–H and O–H groups in total. The molecule has 376 valence electrons. The third kappa shape index (κ3) is 9.43. The summed E-state index contributed by atoms with van der Waals surface area (Å²) >= 11 is 3.20. The minimum atomic E-state index is -2.39. The van der Waals surface area contributed by atoms with Crippen LogP contribution >= 0.6 is 22.7 Å². The lowest BCUT2D eigenvalue weighted by Gasteiger charge is -2.43. The van der Waals surface area contributed by atoms with Gasteiger partial charge in [0.2, 0.25) is 0 Å². The first-order chi connectivity index (χ1) is 33.0. The fourth-order valence-corrected chi connectivity index (χ4v) is 31.6. The Morgan fingerprint density at radius 3 is 1.57 bits per heavy atom. The Kier molecular flexibility index (Phi) is 13.5. The second-order valence-electron chi connectivity index (χ2n) is 26.6. The van der Waals surface area contributed by atoms with Crippen molar-refractivity contribution in [3.05, 3.63) is 57.5 Å². The number of fused-ring (bicyclic) bond motifs is 4. The molecule has 5 aliphatic heterocycles. The van der Waals surface area contributed by atoms with Crippen molar-refractivity contribution in [2.75, 3.05) is 150 Å². The second kappa shape index (κ2) is 18.6. The number of hydrogen-bond acceptors (Lipinski definition) is 4. The van der Waals surface area contributed by atoms with Crippen LogP contribution in [0.25, 0.3) is 41.7 Å². The largest absolute Gasteiger partial charge is 0.328 e. The van der Waals surface area contributed by atoms with Crippen LogP contribution in [-0.4, -0.2) is 193 Å². The number of hydrogen-bond donors (Lipinski definition) is 0. The van der Waals surface area contributed by atoms with Gasteiger partial charge in [0.25, 0.3) is 0 Å². The number of thiophene rings is 2. The van der Waals surface area contributed by atoms with Gasteiger partial charge in [0, 0.05) is 84.0 Å². The smallest absolute Gasteiger partial charge is 0.177 e. The molecular weight excluding hydrogens is 932 g/mol. The first-order valence-electron chi connectivity index (χ1n) is 27.2. The number of nitrogens with zero attached hydrogens (tertiary/aromatic N) is 6. The first kappa shape index (κ1) is 50.9. The molecule has 10 rings (SSSR count). The van der Waals surface area contributed by atoms with Crippen LogP contribution in [0.4, 0.5) is 4.39 Å². The van der Waals surface area contributed by atoms with E-state index in [0.29, 0.717) is 33.2 Å². The van der Waals surface area contributed by atoms with Gasteiger partial charge in [0.1, 0.15) is 0 Å². The van der Waals surface area contributed by atoms with E-state index in [0.717, 1.165) is 34.6 Å². The number of quaternary nitrogens is 4. The van der Waals surface area contributed by atoms with Gasteiger partial charge in [-0.05, 0) is 130 Å². The Bertz CT molecular complexity index is 2790. The molecule has 2 aromatic heterocycles. The van der Waals surface area contributed by atoms with E-state index < -0.39 is 16.1 Å². The number of aryl methyl sites for hydroxylation is 1. The van der Waals surface area contributed by atoms with Gasteiger partial charge in [-0.1, -0.05) is 25.2 Å². The molecule has 0 radical (unpaired) electrons. The SMILES string of the molecule is CCC(CCN(C)C)[Si](C#Cc1c2cc3cc(F)sc3cc2c(C#C[Si](C2CCN(C)C2)(C2CC[N+](C)(C)C2)C2CC[N+](C)(C)C2)c2cc3cc(C)sc3cc12)(C1CC[N+](C)(C)C1)C1CC[N+](C)(C)C1. The number of benzene rings is 3. The Morgan fingerprint density at radius 2 is 1.11 bits per heavy atom. The fourth-order valence-electron chi connectivity index (χ4n) is 15.8. The van der Waals surface area contributed by atoms with Gasteiger partial charge in [-0.2, -0.15) is 4.39 Å². The van der Waals surface area contributed by atoms with Gasteiger partial charge < -0.3 is 27.7 Å². The highest BCUT2D eigenvalue weighted by Crippen LogP contribution is 2.55. The molecule has 5 fully saturated rings. The number of halogens is 1. The minimum Gasteiger partial charge on any atom is -0.328 e. The Hall–Kier alpha value is -2.66. The standard InChI is InChI=1S/C59H87FN6S2Si2/c1-14-45(15-23-61(3)4)69(47-17-25-63(6,7)38-47,48-18-26-64(8,9)39-48)29-21-51-54-33-44-34-59(60)68-58(44)36-56(54)52(53-32-43-31-42(2)67-57(43)35-55(51)53)22-30-70(46-16-24-62(5)37-46,49-19-27-65(10,11)40-49)50-20-28-66(12,13)41-50/h31-36,45-50H,14-20,23-28,37-41H2,1-13H3/q+4. The summed E-state index contributed by atoms with van der Waals surface area (Å²) in [6.07, 6.45) is 8.85. The van der Waals surface area contributed by atoms with Crippen LogP contribution < -0.4 is 0 Å². The van der Waals surface area contributed by atoms with Gasteiger partial charge in [-0.3, -0.25) is 0 Å². The monoisotopic (exact) mass is 1020 g/mol. The third-order valence-electron chi connectivity index (χ3n) is 19.3. The molecular formula is C59H87FN6S2Si2+4. The summed E-state index contributed by atoms with van der Waals surface area (Å²) < 4.78 is 22.4. The molecule has 0 saturated carbocycles. The van der Waals surface area contributed by atoms with Crippen LogP contribution in [0, 0.1) is 35.0 Å². The van der Waals surface area contributed by atoms with Crippen LogP contribution in [0.2, 0.25) is 33.2 Å². The highest BCUT2D eigenvalue weighted by Gasteiger charge is 2.61. The van der Waals surface area contributed by atoms with E-state index in [1.165, 1.54) is 169 Å². The Balaban J connectivity index is 1.28. The highest BCUT2D eigenvalue weighted by atomic mass is 32.1. The predicted octanol–water partition coefficient (Wildman–Crippen LogP) is 11.4. The minimum absolute atomic E-state index is 0.117. The molecule has 0 aliphatic carbocycles. The highest BCUT2D eigenvalue weighted by molar-refractivity contribution is 7.19. The molecule has 0 bridgehead atoms. The van der Waals surface area contributed by atoms with E-state index in [2.05, 4.69) is 154 Å². The quantitative estimate of drug-likeness (QED) is 0.0595. The number of rotatable bonds is 10. The van der Waals surface area contributed by atoms with Crippen LogP contribution in [0.1, 0.15) is 67.9 Å². The molecule has 3 aromatic carbocycles. The lowest BCUT2D eigenvalue weighted by atomic mass is 9.91. The summed E-state index contributed by atoms with van der Waals surface area (Å²) in [7, 11) is 22.0. The summed E-state index contributed by atoms with van der Waals surface area (Å²) in [5, 5.41) is 7.06. The zero-order chi connectivity index (χ0) is 49.8. The Labute approximate surface area is 432 Å². The van der Waals surface area contributed by atoms with Crippen molar-refractivity contribution in [3.63, 3.8) is 0 Å². The molecule has 6 unspecified atom stereocenters. The normalized spacial score (nSPS) is 28.4. The van der Waals surface area contributed by atoms with Gasteiger partial charge in [0.15, 0.2) is 21.3 Å². The lowest BCUT2D eigenvalue weighted by Crippen LogP contribution is -2.52. The summed E-state index contributed by atoms with van der Waals surface area (Å²) in [6.45, 7) is 18.2. The summed E-state index contributed by atoms with van der Waals surface area (Å²) in [5.74, 6) is 8.65. The van der Waals surface area contributed by atoms with Crippen LogP contribution in [0.5, 0.6) is 0 Å². The van der Waals surface area contributed by atoms with Crippen molar-refractivity contribution < 1.29 is 22.3 Å². The van der Waals surface area contributed by atoms with E-state index in [9.17, 15) is 0 Å². The van der Waals surface area contributed by atoms with E-state index >= 15 is 4.39 Å². The first-order valence-corrected chi connectivity index (χ1v) is 33.3. The molecule has 0 spiro atoms. The zero-order valence-electron chi connectivity index (χ0n) is 45.5. The molecule has 6 atom stereocenters. The van der Waals surface area contributed by atoms with Crippen LogP contribution in [0.3, 0.4) is 0 Å². The van der Waals surface area contributed by atoms with Crippen molar-refractivity contribution in [1.29, 1.82) is 0 Å². The predicted molar refractivity (Wildman–Crippen MR) is 306 cm³/mol. The summed E-state index contributed by atoms with van der Waals surface area (Å²) in [4.78, 5) is 6.38. The van der Waals surface area contributed by atoms with E-state index in [1.54, 1.807) is 6.07 Å². The van der Waals surface area contributed by atoms with Crippen molar-refractivity contribution in [1.82, 2.24) is 9.80 Å². The molecule has 0 amide bonds. The van der Waals surface area contributed by atoms with Gasteiger partial charge in [0.05, 0.1) is 109 Å². The van der Waals surface area contributed by atoms with Crippen LogP contribution in [-0.2, 0) is 0 Å². The second-order valence-corrected chi connectivity index (χ2v) is 38.1. The maximum absolute atomic E-state index is 15.6. The molecule has 7 heterocycles. The third-order valence-corrected chi connectivity index (χ3v) is 33.5. The fraction of sp³-hybridized carbons (Fsp3) is 0.627. The average Bonchev–Trinajstić information content (AvgIpc) is 4.16. The topological polar surface area (TPSA) is 6.48 Å². The van der Waals surface area contributed by atoms with Crippen molar-refractivity contribution >= 4 is 80.5 Å². The molecule has 11 heteroatoms. The maximum atomic E-state index is 15.6. The maximum Gasteiger partial charge on any atom is 0.177 e. The molecule has 5 aromatic rings. The van der Waals surface area contributed by atoms with Crippen molar-refractivity contribution in [2.45, 2.75) is 92.0 Å². The molecule has 5 saturated heterocycles. The molecule has 5 aliphatic rings. The summed E-state index contributed by atoms with van der Waals surface area (Å²) in [5.41, 5.74) is 15.5. The van der Waals surface area contributed by atoms with Crippen molar-refractivity contribution in [2.24, 2.45) is 0 Å². The average molecular weight is 1020 g/mol. The van der Waals surface area contributed by atoms with Gasteiger partial charge >= 0.3 is 0 Å². The van der Waals surface area contributed by atoms with E-state index in [-0.39, 0.29) is 5.13 Å². The van der Waals surface area contributed by atoms with Crippen molar-refractivity contribution in [3.8, 4) is 22.9 Å². The summed E-state index contributed by atoms with van der Waals surface area (Å²) in [6, 6.07) is 13.9. The number of likely N-dealkylation sites (tertiary alicyclic amines) is 5. The van der Waals surface area contributed by atoms with E-state index in [4.69, 9.17) is 0 Å². The molecule has 6 nitrogen and oxygen atoms in total. The van der Waals surface area contributed by atoms with Gasteiger partial charge in [-0.25, -0.2) is 0 Å². The van der Waals surface area contributed by atoms with Gasteiger partial charge in [-0.15, -0.1) is 33.8 Å². The molecule has 70 heavy (non-hydrogen) atoms. The Morgan fingerprint density at radius 1 is 0.643 bits per heavy atom. The van der Waals surface area contributed by atoms with Crippen LogP contribution in [0.15, 0.2) is 36.4 Å². The van der Waals surface area contributed by atoms with E-state index in [1.807, 2.05) is 11.3 Å².